The van der Waals surface area contributed by atoms with Crippen LogP contribution in [0.15, 0.2) is 46.8 Å². The van der Waals surface area contributed by atoms with Gasteiger partial charge in [-0.3, -0.25) is 0 Å². The number of carbonyl (C=O) groups excluding carboxylic acids is 1. The smallest absolute Gasteiger partial charge is 0.343 e. The number of hydrogen-bond donors (Lipinski definition) is 1. The maximum absolute atomic E-state index is 12.1. The molecule has 23 heavy (non-hydrogen) atoms. The summed E-state index contributed by atoms with van der Waals surface area (Å²) in [5, 5.41) is 5.06. The maximum atomic E-state index is 12.1. The lowest BCUT2D eigenvalue weighted by Gasteiger charge is -2.04. The fourth-order valence-electron chi connectivity index (χ4n) is 1.92. The van der Waals surface area contributed by atoms with E-state index >= 15 is 0 Å². The molecule has 0 aliphatic heterocycles. The van der Waals surface area contributed by atoms with Gasteiger partial charge in [0.05, 0.1) is 15.8 Å². The minimum absolute atomic E-state index is 0.172. The molecule has 0 unspecified atom stereocenters. The molecule has 0 atom stereocenters. The lowest BCUT2D eigenvalue weighted by molar-refractivity contribution is 0.0735. The molecule has 0 aliphatic rings. The van der Waals surface area contributed by atoms with Gasteiger partial charge in [0, 0.05) is 6.07 Å². The van der Waals surface area contributed by atoms with E-state index in [-0.39, 0.29) is 4.34 Å². The summed E-state index contributed by atoms with van der Waals surface area (Å²) in [5.74, 6) is -0.173. The van der Waals surface area contributed by atoms with E-state index in [1.165, 1.54) is 0 Å². The predicted octanol–water partition coefficient (Wildman–Crippen LogP) is 2.47. The number of thiazole rings is 1. The number of benzene rings is 2. The average molecular weight is 348 g/mol. The SMILES string of the molecule is Cc1ccc(C(=O)Oc2ccc3nc(S(N)(=O)=O)sc3c2)cc1. The number of rotatable bonds is 3. The number of primary sulfonamides is 1. The normalized spacial score (nSPS) is 11.6. The summed E-state index contributed by atoms with van der Waals surface area (Å²) in [6, 6.07) is 11.7. The summed E-state index contributed by atoms with van der Waals surface area (Å²) in [6.45, 7) is 1.93. The Morgan fingerprint density at radius 3 is 2.52 bits per heavy atom. The fourth-order valence-corrected chi connectivity index (χ4v) is 3.61. The van der Waals surface area contributed by atoms with Gasteiger partial charge in [-0.25, -0.2) is 23.3 Å². The molecule has 0 fully saturated rings. The van der Waals surface area contributed by atoms with Gasteiger partial charge in [-0.15, -0.1) is 11.3 Å². The maximum Gasteiger partial charge on any atom is 0.343 e. The van der Waals surface area contributed by atoms with Crippen LogP contribution in [0.4, 0.5) is 0 Å². The summed E-state index contributed by atoms with van der Waals surface area (Å²) in [5.41, 5.74) is 1.96. The van der Waals surface area contributed by atoms with E-state index in [0.717, 1.165) is 16.9 Å². The number of nitrogens with zero attached hydrogens (tertiary/aromatic N) is 1. The lowest BCUT2D eigenvalue weighted by atomic mass is 10.1. The highest BCUT2D eigenvalue weighted by Gasteiger charge is 2.15. The Balaban J connectivity index is 1.88. The van der Waals surface area contributed by atoms with Crippen molar-refractivity contribution in [2.75, 3.05) is 0 Å². The summed E-state index contributed by atoms with van der Waals surface area (Å²) < 4.78 is 28.3. The summed E-state index contributed by atoms with van der Waals surface area (Å²) in [4.78, 5) is 16.0. The number of aryl methyl sites for hydroxylation is 1. The van der Waals surface area contributed by atoms with Gasteiger partial charge in [0.1, 0.15) is 5.75 Å². The van der Waals surface area contributed by atoms with Gasteiger partial charge < -0.3 is 4.74 Å². The van der Waals surface area contributed by atoms with Crippen molar-refractivity contribution in [1.82, 2.24) is 4.98 Å². The van der Waals surface area contributed by atoms with E-state index in [9.17, 15) is 13.2 Å². The Morgan fingerprint density at radius 1 is 1.17 bits per heavy atom. The van der Waals surface area contributed by atoms with Crippen LogP contribution in [0.1, 0.15) is 15.9 Å². The van der Waals surface area contributed by atoms with Crippen molar-refractivity contribution >= 4 is 37.5 Å². The fraction of sp³-hybridized carbons (Fsp3) is 0.0667. The number of nitrogens with two attached hydrogens (primary N) is 1. The molecule has 0 bridgehead atoms. The third kappa shape index (κ3) is 3.39. The number of sulfonamides is 1. The molecular formula is C15H12N2O4S2. The summed E-state index contributed by atoms with van der Waals surface area (Å²) >= 11 is 0.928. The Kier molecular flexibility index (Phi) is 3.88. The van der Waals surface area contributed by atoms with Crippen molar-refractivity contribution in [1.29, 1.82) is 0 Å². The Labute approximate surface area is 136 Å². The number of aromatic nitrogens is 1. The van der Waals surface area contributed by atoms with Crippen LogP contribution in [0.3, 0.4) is 0 Å². The zero-order valence-corrected chi connectivity index (χ0v) is 13.6. The number of esters is 1. The summed E-state index contributed by atoms with van der Waals surface area (Å²) in [7, 11) is -3.85. The van der Waals surface area contributed by atoms with Crippen molar-refractivity contribution in [3.8, 4) is 5.75 Å². The summed E-state index contributed by atoms with van der Waals surface area (Å²) in [6.07, 6.45) is 0. The van der Waals surface area contributed by atoms with Crippen LogP contribution in [0.5, 0.6) is 5.75 Å². The van der Waals surface area contributed by atoms with Crippen LogP contribution in [-0.2, 0) is 10.0 Å². The standard InChI is InChI=1S/C15H12N2O4S2/c1-9-2-4-10(5-3-9)14(18)21-11-6-7-12-13(8-11)22-15(17-12)23(16,19)20/h2-8H,1H3,(H2,16,19,20). The molecule has 8 heteroatoms. The number of fused-ring (bicyclic) bond motifs is 1. The molecule has 0 amide bonds. The average Bonchev–Trinajstić information content (AvgIpc) is 2.91. The number of hydrogen-bond acceptors (Lipinski definition) is 6. The zero-order chi connectivity index (χ0) is 16.6. The van der Waals surface area contributed by atoms with E-state index in [1.54, 1.807) is 30.3 Å². The molecule has 6 nitrogen and oxygen atoms in total. The van der Waals surface area contributed by atoms with Crippen LogP contribution in [0, 0.1) is 6.92 Å². The second-order valence-corrected chi connectivity index (χ2v) is 7.68. The first-order valence-corrected chi connectivity index (χ1v) is 8.91. The molecule has 118 valence electrons. The molecule has 0 spiro atoms. The van der Waals surface area contributed by atoms with Crippen LogP contribution >= 0.6 is 11.3 Å². The first-order chi connectivity index (χ1) is 10.8. The van der Waals surface area contributed by atoms with E-state index in [1.807, 2.05) is 19.1 Å². The first kappa shape index (κ1) is 15.6. The Bertz CT molecular complexity index is 992. The van der Waals surface area contributed by atoms with Crippen molar-refractivity contribution in [2.45, 2.75) is 11.3 Å². The highest BCUT2D eigenvalue weighted by molar-refractivity contribution is 7.91. The molecule has 0 saturated carbocycles. The monoisotopic (exact) mass is 348 g/mol. The van der Waals surface area contributed by atoms with Crippen molar-refractivity contribution in [3.63, 3.8) is 0 Å². The third-order valence-electron chi connectivity index (χ3n) is 3.08. The van der Waals surface area contributed by atoms with Crippen LogP contribution in [0.2, 0.25) is 0 Å². The van der Waals surface area contributed by atoms with Gasteiger partial charge in [-0.05, 0) is 31.2 Å². The van der Waals surface area contributed by atoms with Crippen LogP contribution in [-0.4, -0.2) is 19.4 Å². The molecule has 0 aliphatic carbocycles. The van der Waals surface area contributed by atoms with Crippen LogP contribution < -0.4 is 9.88 Å². The third-order valence-corrected chi connectivity index (χ3v) is 5.42. The van der Waals surface area contributed by atoms with Crippen molar-refractivity contribution in [3.05, 3.63) is 53.6 Å². The van der Waals surface area contributed by atoms with Crippen LogP contribution in [0.25, 0.3) is 10.2 Å². The molecule has 2 N–H and O–H groups in total. The molecule has 1 aromatic heterocycles. The van der Waals surface area contributed by atoms with Gasteiger partial charge >= 0.3 is 5.97 Å². The van der Waals surface area contributed by atoms with Gasteiger partial charge in [0.25, 0.3) is 10.0 Å². The quantitative estimate of drug-likeness (QED) is 0.579. The van der Waals surface area contributed by atoms with E-state index < -0.39 is 16.0 Å². The topological polar surface area (TPSA) is 99.3 Å². The number of ether oxygens (including phenoxy) is 1. The van der Waals surface area contributed by atoms with E-state index in [4.69, 9.17) is 9.88 Å². The minimum atomic E-state index is -3.85. The highest BCUT2D eigenvalue weighted by Crippen LogP contribution is 2.28. The van der Waals surface area contributed by atoms with Gasteiger partial charge in [-0.2, -0.15) is 0 Å². The Hall–Kier alpha value is -2.29. The number of carbonyl (C=O) groups is 1. The second kappa shape index (κ2) is 5.73. The predicted molar refractivity (Wildman–Crippen MR) is 87.1 cm³/mol. The molecule has 0 saturated heterocycles. The van der Waals surface area contributed by atoms with Gasteiger partial charge in [0.2, 0.25) is 4.34 Å². The first-order valence-electron chi connectivity index (χ1n) is 6.55. The molecule has 3 rings (SSSR count). The molecule has 3 aromatic rings. The van der Waals surface area contributed by atoms with Gasteiger partial charge in [-0.1, -0.05) is 17.7 Å². The minimum Gasteiger partial charge on any atom is -0.423 e. The van der Waals surface area contributed by atoms with E-state index in [2.05, 4.69) is 4.98 Å². The molecule has 2 aromatic carbocycles. The zero-order valence-electron chi connectivity index (χ0n) is 12.0. The molecule has 0 radical (unpaired) electrons. The van der Waals surface area contributed by atoms with Gasteiger partial charge in [0.15, 0.2) is 0 Å². The van der Waals surface area contributed by atoms with E-state index in [0.29, 0.717) is 21.5 Å². The largest absolute Gasteiger partial charge is 0.423 e. The lowest BCUT2D eigenvalue weighted by Crippen LogP contribution is -2.11. The molecular weight excluding hydrogens is 336 g/mol. The van der Waals surface area contributed by atoms with Crippen molar-refractivity contribution in [2.24, 2.45) is 5.14 Å². The highest BCUT2D eigenvalue weighted by atomic mass is 32.2. The Morgan fingerprint density at radius 2 is 1.87 bits per heavy atom. The second-order valence-electron chi connectivity index (χ2n) is 4.91. The molecule has 1 heterocycles. The van der Waals surface area contributed by atoms with Crippen molar-refractivity contribution < 1.29 is 17.9 Å².